The molecule has 17 heteroatoms. The minimum atomic E-state index is -4.72. The molecule has 2 saturated heterocycles. The van der Waals surface area contributed by atoms with Crippen LogP contribution in [0.25, 0.3) is 21.9 Å². The molecular weight excluding hydrogens is 722 g/mol. The fraction of sp³-hybridized carbons (Fsp3) is 0.447. The fourth-order valence-electron chi connectivity index (χ4n) is 8.42. The largest absolute Gasteiger partial charge is 0.434 e. The van der Waals surface area contributed by atoms with Crippen molar-refractivity contribution >= 4 is 45.3 Å². The van der Waals surface area contributed by atoms with Gasteiger partial charge in [-0.25, -0.2) is 14.2 Å². The molecule has 13 nitrogen and oxygen atoms in total. The maximum atomic E-state index is 15.8. The van der Waals surface area contributed by atoms with Crippen molar-refractivity contribution in [2.75, 3.05) is 25.0 Å². The van der Waals surface area contributed by atoms with Crippen LogP contribution in [0.1, 0.15) is 84.7 Å². The lowest BCUT2D eigenvalue weighted by Crippen LogP contribution is -2.44. The number of alkyl halides is 4. The normalized spacial score (nSPS) is 24.0. The van der Waals surface area contributed by atoms with Crippen LogP contribution in [0, 0.1) is 5.92 Å². The molecule has 55 heavy (non-hydrogen) atoms. The zero-order valence-corrected chi connectivity index (χ0v) is 29.9. The summed E-state index contributed by atoms with van der Waals surface area (Å²) in [6.45, 7) is 1.88. The molecule has 1 unspecified atom stereocenters. The molecule has 5 aromatic rings. The number of likely N-dealkylation sites (tertiary alicyclic amines) is 1. The van der Waals surface area contributed by atoms with E-state index in [2.05, 4.69) is 25.5 Å². The lowest BCUT2D eigenvalue weighted by molar-refractivity contribution is -0.141. The molecule has 3 aliphatic rings. The number of piperidine rings is 2. The Morgan fingerprint density at radius 1 is 0.982 bits per heavy atom. The molecule has 2 aliphatic heterocycles. The third-order valence-corrected chi connectivity index (χ3v) is 11.3. The third kappa shape index (κ3) is 7.24. The van der Waals surface area contributed by atoms with Gasteiger partial charge in [-0.3, -0.25) is 38.5 Å². The number of hydrogen-bond donors (Lipinski definition) is 2. The number of imide groups is 1. The highest BCUT2D eigenvalue weighted by atomic mass is 19.4. The van der Waals surface area contributed by atoms with E-state index in [-0.39, 0.29) is 36.4 Å². The Morgan fingerprint density at radius 2 is 1.78 bits per heavy atom. The lowest BCUT2D eigenvalue weighted by atomic mass is 9.84. The molecule has 288 valence electrons. The van der Waals surface area contributed by atoms with Crippen LogP contribution in [0.2, 0.25) is 0 Å². The van der Waals surface area contributed by atoms with Crippen molar-refractivity contribution in [3.63, 3.8) is 0 Å². The van der Waals surface area contributed by atoms with Crippen LogP contribution in [-0.2, 0) is 22.8 Å². The number of fused-ring (bicyclic) bond motifs is 2. The quantitative estimate of drug-likeness (QED) is 0.168. The van der Waals surface area contributed by atoms with E-state index in [1.54, 1.807) is 31.3 Å². The van der Waals surface area contributed by atoms with Crippen molar-refractivity contribution in [3.05, 3.63) is 82.4 Å². The molecule has 0 spiro atoms. The maximum absolute atomic E-state index is 15.8. The molecule has 2 N–H and O–H groups in total. The number of carbonyl (C=O) groups excluding carboxylic acids is 3. The van der Waals surface area contributed by atoms with Crippen LogP contribution in [0.4, 0.5) is 23.2 Å². The molecule has 0 radical (unpaired) electrons. The predicted molar refractivity (Wildman–Crippen MR) is 193 cm³/mol. The van der Waals surface area contributed by atoms with Crippen LogP contribution < -0.4 is 16.3 Å². The van der Waals surface area contributed by atoms with Gasteiger partial charge in [-0.05, 0) is 86.9 Å². The highest BCUT2D eigenvalue weighted by molar-refractivity contribution is 6.03. The summed E-state index contributed by atoms with van der Waals surface area (Å²) in [5.41, 5.74) is 1.11. The van der Waals surface area contributed by atoms with Crippen molar-refractivity contribution < 1.29 is 31.9 Å². The van der Waals surface area contributed by atoms with Crippen LogP contribution in [0.15, 0.2) is 59.8 Å². The van der Waals surface area contributed by atoms with Crippen LogP contribution in [0.5, 0.6) is 0 Å². The average Bonchev–Trinajstić information content (AvgIpc) is 3.69. The van der Waals surface area contributed by atoms with Crippen molar-refractivity contribution in [1.82, 2.24) is 39.1 Å². The second-order valence-electron chi connectivity index (χ2n) is 14.9. The van der Waals surface area contributed by atoms with Gasteiger partial charge >= 0.3 is 11.9 Å². The van der Waals surface area contributed by atoms with E-state index in [0.717, 1.165) is 61.4 Å². The number of amides is 3. The Kier molecular flexibility index (Phi) is 9.51. The molecule has 2 aromatic carbocycles. The first-order valence-electron chi connectivity index (χ1n) is 18.4. The van der Waals surface area contributed by atoms with Gasteiger partial charge in [0, 0.05) is 49.7 Å². The Morgan fingerprint density at radius 3 is 2.53 bits per heavy atom. The molecule has 0 bridgehead atoms. The SMILES string of the molecule is Cn1c(=O)n(C2CCC(=O)NC2=O)c2ccc([C@@H]3CCN(CC4CCC(n5cc6cc(NC(=O)c7cncc(C(F)(F)F)n7)ccc6n5)CC4)C[C@H]3F)cc21. The van der Waals surface area contributed by atoms with E-state index in [1.165, 1.54) is 9.13 Å². The van der Waals surface area contributed by atoms with E-state index >= 15 is 4.39 Å². The minimum absolute atomic E-state index is 0.158. The van der Waals surface area contributed by atoms with E-state index in [9.17, 15) is 32.3 Å². The van der Waals surface area contributed by atoms with Crippen molar-refractivity contribution in [3.8, 4) is 0 Å². The number of nitrogens with zero attached hydrogens (tertiary/aromatic N) is 7. The van der Waals surface area contributed by atoms with Gasteiger partial charge < -0.3 is 10.2 Å². The van der Waals surface area contributed by atoms with E-state index in [4.69, 9.17) is 5.10 Å². The fourth-order valence-corrected chi connectivity index (χ4v) is 8.42. The van der Waals surface area contributed by atoms with Crippen molar-refractivity contribution in [2.24, 2.45) is 13.0 Å². The Balaban J connectivity index is 0.853. The summed E-state index contributed by atoms with van der Waals surface area (Å²) in [5.74, 6) is -1.55. The molecule has 3 amide bonds. The summed E-state index contributed by atoms with van der Waals surface area (Å²) in [7, 11) is 1.64. The van der Waals surface area contributed by atoms with Gasteiger partial charge in [-0.2, -0.15) is 18.3 Å². The second kappa shape index (κ2) is 14.3. The van der Waals surface area contributed by atoms with Crippen LogP contribution >= 0.6 is 0 Å². The second-order valence-corrected chi connectivity index (χ2v) is 14.9. The van der Waals surface area contributed by atoms with Gasteiger partial charge in [0.05, 0.1) is 35.0 Å². The number of benzene rings is 2. The van der Waals surface area contributed by atoms with Crippen LogP contribution in [0.3, 0.4) is 0 Å². The summed E-state index contributed by atoms with van der Waals surface area (Å²) in [6, 6.07) is 10.0. The predicted octanol–water partition coefficient (Wildman–Crippen LogP) is 5.29. The number of imidazole rings is 1. The smallest absolute Gasteiger partial charge is 0.321 e. The van der Waals surface area contributed by atoms with E-state index < -0.39 is 41.6 Å². The van der Waals surface area contributed by atoms with E-state index in [1.807, 2.05) is 23.0 Å². The average molecular weight is 762 g/mol. The number of rotatable bonds is 7. The molecule has 8 rings (SSSR count). The first-order valence-corrected chi connectivity index (χ1v) is 18.4. The topological polar surface area (TPSA) is 149 Å². The van der Waals surface area contributed by atoms with E-state index in [0.29, 0.717) is 41.8 Å². The number of carbonyl (C=O) groups is 3. The molecule has 5 heterocycles. The van der Waals surface area contributed by atoms with Crippen LogP contribution in [-0.4, -0.2) is 77.3 Å². The number of nitrogens with one attached hydrogen (secondary N) is 2. The zero-order valence-electron chi connectivity index (χ0n) is 29.9. The number of halogens is 4. The number of hydrogen-bond acceptors (Lipinski definition) is 8. The highest BCUT2D eigenvalue weighted by Crippen LogP contribution is 2.37. The molecular formula is C38H39F4N9O4. The Labute approximate surface area is 311 Å². The summed E-state index contributed by atoms with van der Waals surface area (Å²) in [4.78, 5) is 59.2. The molecule has 1 saturated carbocycles. The first kappa shape index (κ1) is 36.5. The summed E-state index contributed by atoms with van der Waals surface area (Å²) < 4.78 is 59.8. The highest BCUT2D eigenvalue weighted by Gasteiger charge is 2.36. The van der Waals surface area contributed by atoms with Gasteiger partial charge in [-0.15, -0.1) is 0 Å². The summed E-state index contributed by atoms with van der Waals surface area (Å²) in [5, 5.41) is 10.4. The molecule has 3 atom stereocenters. The minimum Gasteiger partial charge on any atom is -0.321 e. The maximum Gasteiger partial charge on any atom is 0.434 e. The summed E-state index contributed by atoms with van der Waals surface area (Å²) >= 11 is 0. The number of anilines is 1. The summed E-state index contributed by atoms with van der Waals surface area (Å²) in [6.07, 6.45) is 2.45. The first-order chi connectivity index (χ1) is 26.3. The van der Waals surface area contributed by atoms with Gasteiger partial charge in [0.15, 0.2) is 5.69 Å². The van der Waals surface area contributed by atoms with Gasteiger partial charge in [0.1, 0.15) is 17.9 Å². The molecule has 3 aromatic heterocycles. The van der Waals surface area contributed by atoms with Gasteiger partial charge in [0.25, 0.3) is 5.91 Å². The lowest BCUT2D eigenvalue weighted by Gasteiger charge is -2.38. The van der Waals surface area contributed by atoms with Gasteiger partial charge in [-0.1, -0.05) is 6.07 Å². The van der Waals surface area contributed by atoms with Crippen molar-refractivity contribution in [1.29, 1.82) is 0 Å². The third-order valence-electron chi connectivity index (χ3n) is 11.3. The molecule has 1 aliphatic carbocycles. The molecule has 3 fully saturated rings. The number of aryl methyl sites for hydroxylation is 1. The Bertz CT molecular complexity index is 2360. The zero-order chi connectivity index (χ0) is 38.6. The monoisotopic (exact) mass is 761 g/mol. The van der Waals surface area contributed by atoms with Gasteiger partial charge in [0.2, 0.25) is 11.8 Å². The number of aromatic nitrogens is 6. The van der Waals surface area contributed by atoms with Crippen molar-refractivity contribution in [2.45, 2.75) is 75.3 Å². The Hall–Kier alpha value is -5.45. The standard InChI is InChI=1S/C38H39F4N9O4/c1-48-32-15-22(4-9-30(32)51(37(48)55)31-10-11-34(52)46-36(31)54)26-12-13-49(20-27(26)39)18-21-2-6-25(7-3-21)50-19-23-14-24(5-8-28(23)47-50)44-35(53)29-16-43-17-33(45-29)38(40,41)42/h4-5,8-9,14-17,19,21,25-27,31H,2-3,6-7,10-13,18,20H2,1H3,(H,44,53)(H,46,52,54)/t21?,25?,26-,27+,31?/m0/s1.